The summed E-state index contributed by atoms with van der Waals surface area (Å²) in [5, 5.41) is 2.02. The quantitative estimate of drug-likeness (QED) is 0.857. The maximum absolute atomic E-state index is 12.5. The van der Waals surface area contributed by atoms with Gasteiger partial charge in [-0.2, -0.15) is 0 Å². The minimum absolute atomic E-state index is 0.167. The van der Waals surface area contributed by atoms with Crippen LogP contribution in [-0.2, 0) is 20.7 Å². The van der Waals surface area contributed by atoms with Crippen LogP contribution >= 0.6 is 11.3 Å². The number of carbonyl (C=O) groups excluding carboxylic acids is 1. The standard InChI is InChI=1S/C16H23NO3S/c1-19-11-13-4-2-6-16(13)12-17(7-8-20-16)15(18)10-14-5-3-9-21-14/h3,5,9,13H,2,4,6-8,10-12H2,1H3/t13-,16-/m0/s1. The number of hydrogen-bond donors (Lipinski definition) is 0. The Kier molecular flexibility index (Phi) is 4.62. The van der Waals surface area contributed by atoms with Crippen LogP contribution in [0.15, 0.2) is 17.5 Å². The minimum Gasteiger partial charge on any atom is -0.384 e. The zero-order chi connectivity index (χ0) is 14.7. The highest BCUT2D eigenvalue weighted by Crippen LogP contribution is 2.41. The Hall–Kier alpha value is -0.910. The molecule has 0 unspecified atom stereocenters. The first kappa shape index (κ1) is 15.0. The Morgan fingerprint density at radius 3 is 3.29 bits per heavy atom. The van der Waals surface area contributed by atoms with Gasteiger partial charge in [0.25, 0.3) is 0 Å². The van der Waals surface area contributed by atoms with E-state index in [0.29, 0.717) is 25.5 Å². The first-order valence-corrected chi connectivity index (χ1v) is 8.54. The average molecular weight is 309 g/mol. The van der Waals surface area contributed by atoms with Crippen molar-refractivity contribution in [1.29, 1.82) is 0 Å². The van der Waals surface area contributed by atoms with E-state index < -0.39 is 0 Å². The lowest BCUT2D eigenvalue weighted by atomic mass is 9.89. The smallest absolute Gasteiger partial charge is 0.228 e. The summed E-state index contributed by atoms with van der Waals surface area (Å²) in [6.45, 7) is 2.82. The maximum atomic E-state index is 12.5. The summed E-state index contributed by atoms with van der Waals surface area (Å²) in [4.78, 5) is 15.7. The van der Waals surface area contributed by atoms with Crippen molar-refractivity contribution in [2.24, 2.45) is 5.92 Å². The first-order chi connectivity index (χ1) is 10.2. The highest BCUT2D eigenvalue weighted by atomic mass is 32.1. The van der Waals surface area contributed by atoms with Gasteiger partial charge in [-0.05, 0) is 24.3 Å². The molecule has 1 saturated carbocycles. The van der Waals surface area contributed by atoms with Gasteiger partial charge in [0.05, 0.1) is 31.8 Å². The Balaban J connectivity index is 1.66. The van der Waals surface area contributed by atoms with E-state index in [9.17, 15) is 4.79 Å². The van der Waals surface area contributed by atoms with Crippen LogP contribution in [0.2, 0.25) is 0 Å². The topological polar surface area (TPSA) is 38.8 Å². The van der Waals surface area contributed by atoms with Crippen molar-refractivity contribution < 1.29 is 14.3 Å². The van der Waals surface area contributed by atoms with Crippen molar-refractivity contribution in [2.45, 2.75) is 31.3 Å². The number of methoxy groups -OCH3 is 1. The Morgan fingerprint density at radius 1 is 1.62 bits per heavy atom. The molecule has 116 valence electrons. The largest absolute Gasteiger partial charge is 0.384 e. The molecule has 0 aromatic carbocycles. The molecule has 2 heterocycles. The molecule has 2 fully saturated rings. The van der Waals surface area contributed by atoms with Crippen molar-refractivity contribution in [3.05, 3.63) is 22.4 Å². The molecule has 1 aromatic rings. The molecule has 1 spiro atoms. The predicted molar refractivity (Wildman–Crippen MR) is 82.5 cm³/mol. The summed E-state index contributed by atoms with van der Waals surface area (Å²) in [5.41, 5.74) is -0.167. The lowest BCUT2D eigenvalue weighted by molar-refractivity contribution is -0.160. The zero-order valence-electron chi connectivity index (χ0n) is 12.5. The summed E-state index contributed by atoms with van der Waals surface area (Å²) < 4.78 is 11.5. The molecule has 0 bridgehead atoms. The van der Waals surface area contributed by atoms with E-state index in [2.05, 4.69) is 0 Å². The highest BCUT2D eigenvalue weighted by Gasteiger charge is 2.47. The van der Waals surface area contributed by atoms with Gasteiger partial charge in [-0.3, -0.25) is 4.79 Å². The molecular weight excluding hydrogens is 286 g/mol. The number of nitrogens with zero attached hydrogens (tertiary/aromatic N) is 1. The van der Waals surface area contributed by atoms with Gasteiger partial charge in [-0.15, -0.1) is 11.3 Å². The summed E-state index contributed by atoms with van der Waals surface area (Å²) in [7, 11) is 1.74. The maximum Gasteiger partial charge on any atom is 0.228 e. The van der Waals surface area contributed by atoms with Gasteiger partial charge in [-0.1, -0.05) is 12.5 Å². The third kappa shape index (κ3) is 3.15. The summed E-state index contributed by atoms with van der Waals surface area (Å²) in [5.74, 6) is 0.642. The molecule has 4 nitrogen and oxygen atoms in total. The molecule has 2 atom stereocenters. The minimum atomic E-state index is -0.167. The predicted octanol–water partition coefficient (Wildman–Crippen LogP) is 2.33. The fraction of sp³-hybridized carbons (Fsp3) is 0.688. The van der Waals surface area contributed by atoms with Crippen molar-refractivity contribution in [2.75, 3.05) is 33.4 Å². The van der Waals surface area contributed by atoms with E-state index in [1.807, 2.05) is 22.4 Å². The molecule has 1 amide bonds. The summed E-state index contributed by atoms with van der Waals surface area (Å²) in [6.07, 6.45) is 3.87. The van der Waals surface area contributed by atoms with Crippen LogP contribution < -0.4 is 0 Å². The molecule has 1 aliphatic carbocycles. The third-order valence-electron chi connectivity index (χ3n) is 4.73. The van der Waals surface area contributed by atoms with Crippen LogP contribution in [0.1, 0.15) is 24.1 Å². The lowest BCUT2D eigenvalue weighted by Gasteiger charge is -2.44. The normalized spacial score (nSPS) is 29.2. The molecular formula is C16H23NO3S. The Labute approximate surface area is 130 Å². The fourth-order valence-corrected chi connectivity index (χ4v) is 4.34. The Bertz CT molecular complexity index is 476. The summed E-state index contributed by atoms with van der Waals surface area (Å²) in [6, 6.07) is 4.03. The van der Waals surface area contributed by atoms with E-state index in [-0.39, 0.29) is 11.5 Å². The lowest BCUT2D eigenvalue weighted by Crippen LogP contribution is -2.56. The number of amides is 1. The van der Waals surface area contributed by atoms with Crippen LogP contribution in [0.4, 0.5) is 0 Å². The molecule has 5 heteroatoms. The van der Waals surface area contributed by atoms with E-state index in [1.165, 1.54) is 6.42 Å². The van der Waals surface area contributed by atoms with Crippen LogP contribution in [0.25, 0.3) is 0 Å². The molecule has 3 rings (SSSR count). The highest BCUT2D eigenvalue weighted by molar-refractivity contribution is 7.10. The number of carbonyl (C=O) groups is 1. The van der Waals surface area contributed by atoms with Gasteiger partial charge in [0.15, 0.2) is 0 Å². The van der Waals surface area contributed by atoms with Crippen molar-refractivity contribution >= 4 is 17.2 Å². The molecule has 0 N–H and O–H groups in total. The SMILES string of the molecule is COC[C@@H]1CCC[C@]12CN(C(=O)Cc1cccs1)CCO2. The van der Waals surface area contributed by atoms with Gasteiger partial charge in [0.2, 0.25) is 5.91 Å². The van der Waals surface area contributed by atoms with E-state index in [1.54, 1.807) is 18.4 Å². The second-order valence-corrected chi connectivity index (χ2v) is 7.06. The second-order valence-electron chi connectivity index (χ2n) is 6.03. The number of thiophene rings is 1. The third-order valence-corrected chi connectivity index (χ3v) is 5.61. The zero-order valence-corrected chi connectivity index (χ0v) is 13.4. The van der Waals surface area contributed by atoms with Crippen molar-refractivity contribution in [3.8, 4) is 0 Å². The van der Waals surface area contributed by atoms with Crippen molar-refractivity contribution in [1.82, 2.24) is 4.90 Å². The van der Waals surface area contributed by atoms with Gasteiger partial charge >= 0.3 is 0 Å². The van der Waals surface area contributed by atoms with Crippen LogP contribution in [0.5, 0.6) is 0 Å². The van der Waals surface area contributed by atoms with Gasteiger partial charge in [-0.25, -0.2) is 0 Å². The van der Waals surface area contributed by atoms with Crippen LogP contribution in [-0.4, -0.2) is 49.8 Å². The molecule has 21 heavy (non-hydrogen) atoms. The first-order valence-electron chi connectivity index (χ1n) is 7.66. The van der Waals surface area contributed by atoms with Crippen LogP contribution in [0, 0.1) is 5.92 Å². The molecule has 1 aliphatic heterocycles. The number of morpholine rings is 1. The number of hydrogen-bond acceptors (Lipinski definition) is 4. The number of rotatable bonds is 4. The van der Waals surface area contributed by atoms with Crippen molar-refractivity contribution in [3.63, 3.8) is 0 Å². The van der Waals surface area contributed by atoms with E-state index in [4.69, 9.17) is 9.47 Å². The molecule has 1 aromatic heterocycles. The summed E-state index contributed by atoms with van der Waals surface area (Å²) >= 11 is 1.65. The molecule has 2 aliphatic rings. The van der Waals surface area contributed by atoms with Crippen LogP contribution in [0.3, 0.4) is 0 Å². The fourth-order valence-electron chi connectivity index (χ4n) is 3.64. The molecule has 0 radical (unpaired) electrons. The van der Waals surface area contributed by atoms with Gasteiger partial charge in [0, 0.05) is 24.4 Å². The van der Waals surface area contributed by atoms with Gasteiger partial charge in [0.1, 0.15) is 0 Å². The average Bonchev–Trinajstić information content (AvgIpc) is 3.11. The monoisotopic (exact) mass is 309 g/mol. The molecule has 1 saturated heterocycles. The second kappa shape index (κ2) is 6.46. The van der Waals surface area contributed by atoms with Gasteiger partial charge < -0.3 is 14.4 Å². The Morgan fingerprint density at radius 2 is 2.52 bits per heavy atom. The van der Waals surface area contributed by atoms with E-state index in [0.717, 1.165) is 30.9 Å². The number of ether oxygens (including phenoxy) is 2. The van der Waals surface area contributed by atoms with E-state index >= 15 is 0 Å².